The largest absolute Gasteiger partial charge is 0.0772 e. The fourth-order valence-electron chi connectivity index (χ4n) is 5.57. The van der Waals surface area contributed by atoms with Crippen LogP contribution in [0.4, 0.5) is 0 Å². The Bertz CT molecular complexity index is 1850. The highest BCUT2D eigenvalue weighted by Crippen LogP contribution is 2.60. The van der Waals surface area contributed by atoms with Crippen LogP contribution >= 0.6 is 15.1 Å². The summed E-state index contributed by atoms with van der Waals surface area (Å²) in [6, 6.07) is 43.7. The average molecular weight is 485 g/mol. The summed E-state index contributed by atoms with van der Waals surface area (Å²) in [7, 11) is -1.12. The molecule has 2 aromatic heterocycles. The molecule has 2 unspecified atom stereocenters. The third kappa shape index (κ3) is 3.21. The number of hydrogen-bond donors (Lipinski definition) is 0. The maximum Gasteiger partial charge on any atom is 0.00751 e. The zero-order chi connectivity index (χ0) is 23.5. The van der Waals surface area contributed by atoms with Crippen LogP contribution in [0.3, 0.4) is 0 Å². The highest BCUT2D eigenvalue weighted by molar-refractivity contribution is 7.69. The molecule has 2 heterocycles. The quantitative estimate of drug-likeness (QED) is 0.234. The molecule has 0 saturated heterocycles. The van der Waals surface area contributed by atoms with E-state index in [0.717, 1.165) is 0 Å². The highest BCUT2D eigenvalue weighted by Gasteiger charge is 2.19. The van der Waals surface area contributed by atoms with Gasteiger partial charge in [-0.25, -0.2) is 0 Å². The van der Waals surface area contributed by atoms with Crippen LogP contribution in [0.15, 0.2) is 115 Å². The molecule has 0 bridgehead atoms. The molecular formula is C33H26P2. The Morgan fingerprint density at radius 3 is 1.51 bits per heavy atom. The van der Waals surface area contributed by atoms with Gasteiger partial charge in [-0.1, -0.05) is 126 Å². The van der Waals surface area contributed by atoms with Crippen molar-refractivity contribution in [3.8, 4) is 10.6 Å². The van der Waals surface area contributed by atoms with E-state index in [1.54, 1.807) is 0 Å². The summed E-state index contributed by atoms with van der Waals surface area (Å²) in [4.78, 5) is 0. The molecule has 0 aliphatic carbocycles. The van der Waals surface area contributed by atoms with Gasteiger partial charge in [0.2, 0.25) is 0 Å². The Morgan fingerprint density at radius 1 is 0.429 bits per heavy atom. The van der Waals surface area contributed by atoms with Crippen molar-refractivity contribution in [2.75, 3.05) is 0 Å². The van der Waals surface area contributed by atoms with E-state index in [4.69, 9.17) is 0 Å². The van der Waals surface area contributed by atoms with E-state index >= 15 is 0 Å². The monoisotopic (exact) mass is 484 g/mol. The van der Waals surface area contributed by atoms with Crippen molar-refractivity contribution in [1.82, 2.24) is 0 Å². The summed E-state index contributed by atoms with van der Waals surface area (Å²) in [6.45, 7) is 4.60. The van der Waals surface area contributed by atoms with Gasteiger partial charge in [0.1, 0.15) is 0 Å². The normalized spacial score (nSPS) is 13.0. The van der Waals surface area contributed by atoms with Crippen molar-refractivity contribution >= 4 is 57.1 Å². The predicted octanol–water partition coefficient (Wildman–Crippen LogP) is 11.4. The molecule has 7 rings (SSSR count). The lowest BCUT2D eigenvalue weighted by Gasteiger charge is -2.07. The molecule has 0 aliphatic rings. The Kier molecular flexibility index (Phi) is 4.89. The van der Waals surface area contributed by atoms with Crippen molar-refractivity contribution in [3.05, 3.63) is 121 Å². The third-order valence-corrected chi connectivity index (χ3v) is 12.3. The van der Waals surface area contributed by atoms with E-state index in [1.807, 2.05) is 0 Å². The first-order valence-electron chi connectivity index (χ1n) is 12.3. The molecule has 5 aromatic carbocycles. The molecule has 0 saturated carbocycles. The van der Waals surface area contributed by atoms with Crippen LogP contribution in [0.1, 0.15) is 25.3 Å². The van der Waals surface area contributed by atoms with Gasteiger partial charge in [-0.05, 0) is 61.8 Å². The minimum Gasteiger partial charge on any atom is -0.0772 e. The predicted molar refractivity (Wildman–Crippen MR) is 159 cm³/mol. The smallest absolute Gasteiger partial charge is 0.00751 e. The van der Waals surface area contributed by atoms with Gasteiger partial charge in [0.25, 0.3) is 0 Å². The minimum absolute atomic E-state index is 0.527. The summed E-state index contributed by atoms with van der Waals surface area (Å²) in [6.07, 6.45) is 0. The summed E-state index contributed by atoms with van der Waals surface area (Å²) in [5.41, 5.74) is 1.43. The van der Waals surface area contributed by atoms with Gasteiger partial charge < -0.3 is 0 Å². The van der Waals surface area contributed by atoms with Gasteiger partial charge in [0.15, 0.2) is 0 Å². The van der Waals surface area contributed by atoms with Crippen molar-refractivity contribution in [1.29, 1.82) is 0 Å². The maximum absolute atomic E-state index is 2.56. The third-order valence-electron chi connectivity index (χ3n) is 7.28. The molecule has 0 aliphatic heterocycles. The van der Waals surface area contributed by atoms with E-state index in [0.29, 0.717) is 5.92 Å². The Morgan fingerprint density at radius 2 is 0.914 bits per heavy atom. The van der Waals surface area contributed by atoms with Gasteiger partial charge in [-0.15, -0.1) is 0 Å². The number of fused-ring (bicyclic) bond motifs is 6. The zero-order valence-corrected chi connectivity index (χ0v) is 21.7. The molecule has 0 radical (unpaired) electrons. The van der Waals surface area contributed by atoms with Gasteiger partial charge >= 0.3 is 0 Å². The fraction of sp³-hybridized carbons (Fsp3) is 0.0909. The molecule has 0 fully saturated rings. The first-order valence-corrected chi connectivity index (χ1v) is 15.0. The lowest BCUT2D eigenvalue weighted by atomic mass is 10.0. The second-order valence-electron chi connectivity index (χ2n) is 9.68. The van der Waals surface area contributed by atoms with Crippen molar-refractivity contribution in [3.63, 3.8) is 0 Å². The fourth-order valence-corrected chi connectivity index (χ4v) is 10.9. The highest BCUT2D eigenvalue weighted by atomic mass is 31.1. The Hall–Kier alpha value is -3.30. The van der Waals surface area contributed by atoms with Crippen molar-refractivity contribution in [2.45, 2.75) is 19.8 Å². The number of benzene rings is 5. The first kappa shape index (κ1) is 21.0. The van der Waals surface area contributed by atoms with Crippen LogP contribution in [-0.2, 0) is 0 Å². The van der Waals surface area contributed by atoms with E-state index in [1.165, 1.54) is 58.2 Å². The van der Waals surface area contributed by atoms with Gasteiger partial charge in [0, 0.05) is 20.5 Å². The van der Waals surface area contributed by atoms with Crippen LogP contribution in [0.5, 0.6) is 0 Å². The van der Waals surface area contributed by atoms with E-state index in [-0.39, 0.29) is 0 Å². The summed E-state index contributed by atoms with van der Waals surface area (Å²) in [5, 5.41) is 14.7. The summed E-state index contributed by atoms with van der Waals surface area (Å²) < 4.78 is 0. The standard InChI is InChI=1S/C33H26P2/c1-22(2)23-17-18-27-29-21-32-28(20-33(29)35(31(27)19-23)25-13-7-4-8-14-25)26-15-9-10-16-30(26)34(32)24-11-5-3-6-12-24/h3-22H,1-2H3. The van der Waals surface area contributed by atoms with Crippen molar-refractivity contribution < 1.29 is 0 Å². The van der Waals surface area contributed by atoms with Crippen LogP contribution in [0, 0.1) is 0 Å². The molecule has 0 spiro atoms. The summed E-state index contributed by atoms with van der Waals surface area (Å²) >= 11 is 0. The molecule has 0 nitrogen and oxygen atoms in total. The van der Waals surface area contributed by atoms with Gasteiger partial charge in [0.05, 0.1) is 0 Å². The molecule has 0 N–H and O–H groups in total. The van der Waals surface area contributed by atoms with E-state index in [9.17, 15) is 0 Å². The molecule has 2 atom stereocenters. The number of rotatable bonds is 3. The zero-order valence-electron chi connectivity index (χ0n) is 19.9. The molecule has 168 valence electrons. The van der Waals surface area contributed by atoms with Crippen LogP contribution in [0.25, 0.3) is 52.6 Å². The second kappa shape index (κ2) is 8.13. The Balaban J connectivity index is 1.68. The molecule has 0 amide bonds. The first-order chi connectivity index (χ1) is 17.2. The molecule has 2 heteroatoms. The molecular weight excluding hydrogens is 458 g/mol. The summed E-state index contributed by atoms with van der Waals surface area (Å²) in [5.74, 6) is 0.527. The van der Waals surface area contributed by atoms with Crippen LogP contribution in [-0.4, -0.2) is 0 Å². The van der Waals surface area contributed by atoms with Gasteiger partial charge in [-0.3, -0.25) is 0 Å². The molecule has 35 heavy (non-hydrogen) atoms. The SMILES string of the molecule is CC(C)c1ccc2c3cc4c(cc3p(-c3ccccc3)c2c1)c1ccccc1p4-c1ccccc1. The van der Waals surface area contributed by atoms with Crippen LogP contribution in [0.2, 0.25) is 0 Å². The lowest BCUT2D eigenvalue weighted by Crippen LogP contribution is -1.85. The molecule has 7 aromatic rings. The lowest BCUT2D eigenvalue weighted by molar-refractivity contribution is 0.869. The number of hydrogen-bond acceptors (Lipinski definition) is 0. The van der Waals surface area contributed by atoms with E-state index < -0.39 is 15.1 Å². The topological polar surface area (TPSA) is 0 Å². The Labute approximate surface area is 208 Å². The minimum atomic E-state index is -0.570. The van der Waals surface area contributed by atoms with Gasteiger partial charge in [-0.2, -0.15) is 0 Å². The maximum atomic E-state index is 2.56. The average Bonchev–Trinajstić information content (AvgIpc) is 3.40. The second-order valence-corrected chi connectivity index (χ2v) is 14.0. The van der Waals surface area contributed by atoms with Crippen LogP contribution < -0.4 is 0 Å². The van der Waals surface area contributed by atoms with E-state index in [2.05, 4.69) is 129 Å². The van der Waals surface area contributed by atoms with Crippen molar-refractivity contribution in [2.24, 2.45) is 0 Å².